The van der Waals surface area contributed by atoms with Crippen molar-refractivity contribution >= 4 is 36.3 Å². The van der Waals surface area contributed by atoms with E-state index in [1.165, 1.54) is 18.0 Å². The summed E-state index contributed by atoms with van der Waals surface area (Å²) in [4.78, 5) is 18.3. The Hall–Kier alpha value is -3.68. The zero-order valence-corrected chi connectivity index (χ0v) is 22.7. The van der Waals surface area contributed by atoms with Crippen molar-refractivity contribution in [1.82, 2.24) is 19.7 Å². The van der Waals surface area contributed by atoms with Crippen molar-refractivity contribution < 1.29 is 36.6 Å². The van der Waals surface area contributed by atoms with Crippen molar-refractivity contribution in [2.75, 3.05) is 26.9 Å². The van der Waals surface area contributed by atoms with E-state index in [-0.39, 0.29) is 35.9 Å². The summed E-state index contributed by atoms with van der Waals surface area (Å²) in [7, 11) is 7.75. The Bertz CT molecular complexity index is 1540. The van der Waals surface area contributed by atoms with Gasteiger partial charge in [0.15, 0.2) is 5.82 Å². The third-order valence-corrected chi connectivity index (χ3v) is 6.45. The minimum atomic E-state index is -3.17. The third kappa shape index (κ3) is 7.16. The van der Waals surface area contributed by atoms with Gasteiger partial charge in [0.25, 0.3) is 0 Å². The molecule has 0 N–H and O–H groups in total. The Kier molecular flexibility index (Phi) is 9.84. The molecule has 1 amide bonds. The van der Waals surface area contributed by atoms with Crippen molar-refractivity contribution in [1.29, 1.82) is 0 Å². The number of hydrogen-bond donors (Lipinski definition) is 0. The summed E-state index contributed by atoms with van der Waals surface area (Å²) < 4.78 is 69.9. The van der Waals surface area contributed by atoms with E-state index in [0.29, 0.717) is 28.0 Å². The first-order valence-corrected chi connectivity index (χ1v) is 12.6. The lowest BCUT2D eigenvalue weighted by molar-refractivity contribution is -0.160. The quantitative estimate of drug-likeness (QED) is 0.168. The van der Waals surface area contributed by atoms with Gasteiger partial charge in [-0.3, -0.25) is 4.79 Å². The van der Waals surface area contributed by atoms with Crippen LogP contribution in [-0.4, -0.2) is 66.9 Å². The number of rotatable bonds is 12. The van der Waals surface area contributed by atoms with Gasteiger partial charge < -0.3 is 19.1 Å². The van der Waals surface area contributed by atoms with Crippen molar-refractivity contribution in [3.63, 3.8) is 0 Å². The van der Waals surface area contributed by atoms with Gasteiger partial charge >= 0.3 is 6.61 Å². The van der Waals surface area contributed by atoms with E-state index in [9.17, 15) is 22.4 Å². The largest absolute Gasteiger partial charge is 0.487 e. The highest BCUT2D eigenvalue weighted by atomic mass is 35.5. The maximum Gasteiger partial charge on any atom is 0.345 e. The molecule has 2 heterocycles. The number of carbonyl (C=O) groups excluding carboxylic acids is 1. The van der Waals surface area contributed by atoms with Crippen LogP contribution in [0.15, 0.2) is 48.8 Å². The first-order valence-electron chi connectivity index (χ1n) is 12.2. The smallest absolute Gasteiger partial charge is 0.345 e. The van der Waals surface area contributed by atoms with Gasteiger partial charge in [-0.15, -0.1) is 0 Å². The number of para-hydroxylation sites is 1. The van der Waals surface area contributed by atoms with E-state index in [2.05, 4.69) is 14.8 Å². The van der Waals surface area contributed by atoms with Crippen molar-refractivity contribution in [2.45, 2.75) is 26.1 Å². The summed E-state index contributed by atoms with van der Waals surface area (Å²) in [6, 6.07) is 9.05. The van der Waals surface area contributed by atoms with Gasteiger partial charge in [0.1, 0.15) is 38.1 Å². The molecule has 4 rings (SSSR count). The van der Waals surface area contributed by atoms with Gasteiger partial charge in [0.05, 0.1) is 29.7 Å². The van der Waals surface area contributed by atoms with Gasteiger partial charge in [-0.1, -0.05) is 23.7 Å². The summed E-state index contributed by atoms with van der Waals surface area (Å²) in [6.45, 7) is -2.65. The summed E-state index contributed by atoms with van der Waals surface area (Å²) in [5, 5.41) is 4.63. The molecule has 2 aromatic carbocycles. The molecule has 0 spiro atoms. The number of aryl methyl sites for hydroxylation is 1. The average molecular weight is 591 g/mol. The molecule has 0 aliphatic carbocycles. The van der Waals surface area contributed by atoms with Gasteiger partial charge in [0, 0.05) is 36.2 Å². The molecule has 0 aliphatic rings. The van der Waals surface area contributed by atoms with Gasteiger partial charge in [0.2, 0.25) is 5.91 Å². The van der Waals surface area contributed by atoms with Crippen LogP contribution in [0.5, 0.6) is 5.75 Å². The monoisotopic (exact) mass is 590 g/mol. The number of benzene rings is 2. The Morgan fingerprint density at radius 2 is 1.98 bits per heavy atom. The highest BCUT2D eigenvalue weighted by Gasteiger charge is 2.26. The van der Waals surface area contributed by atoms with Crippen molar-refractivity contribution in [3.05, 3.63) is 82.3 Å². The first kappa shape index (κ1) is 30.3. The number of pyridine rings is 1. The molecule has 41 heavy (non-hydrogen) atoms. The van der Waals surface area contributed by atoms with Gasteiger partial charge in [-0.2, -0.15) is 13.9 Å². The lowest BCUT2D eigenvalue weighted by Gasteiger charge is -2.31. The van der Waals surface area contributed by atoms with Crippen molar-refractivity contribution in [3.8, 4) is 11.4 Å². The Labute approximate surface area is 239 Å². The van der Waals surface area contributed by atoms with Crippen molar-refractivity contribution in [2.24, 2.45) is 0 Å². The molecule has 0 bridgehead atoms. The predicted octanol–water partition coefficient (Wildman–Crippen LogP) is 5.12. The normalized spacial score (nSPS) is 12.2. The van der Waals surface area contributed by atoms with Crippen LogP contribution in [0.1, 0.15) is 22.8 Å². The highest BCUT2D eigenvalue weighted by Crippen LogP contribution is 2.33. The van der Waals surface area contributed by atoms with Gasteiger partial charge in [-0.05, 0) is 36.8 Å². The number of hydrogen-bond acceptors (Lipinski definition) is 6. The lowest BCUT2D eigenvalue weighted by atomic mass is 9.84. The van der Waals surface area contributed by atoms with E-state index < -0.39 is 36.7 Å². The molecule has 0 aliphatic heterocycles. The lowest BCUT2D eigenvalue weighted by Crippen LogP contribution is -2.40. The predicted molar refractivity (Wildman–Crippen MR) is 143 cm³/mol. The fraction of sp³-hybridized carbons (Fsp3) is 0.296. The number of fused-ring (bicyclic) bond motifs is 1. The number of aromatic nitrogens is 3. The van der Waals surface area contributed by atoms with Crippen LogP contribution in [0.4, 0.5) is 17.6 Å². The van der Waals surface area contributed by atoms with Crippen LogP contribution >= 0.6 is 11.6 Å². The summed E-state index contributed by atoms with van der Waals surface area (Å²) >= 11 is 6.40. The highest BCUT2D eigenvalue weighted by molar-refractivity contribution is 6.31. The minimum absolute atomic E-state index is 0.0203. The minimum Gasteiger partial charge on any atom is -0.487 e. The number of nitrogens with zero attached hydrogens (tertiary/aromatic N) is 4. The van der Waals surface area contributed by atoms with E-state index >= 15 is 0 Å². The molecule has 0 fully saturated rings. The van der Waals surface area contributed by atoms with Gasteiger partial charge in [-0.25, -0.2) is 18.4 Å². The van der Waals surface area contributed by atoms with E-state index in [1.807, 2.05) is 0 Å². The zero-order chi connectivity index (χ0) is 29.7. The molecular formula is C27H24BClF4N4O4. The van der Waals surface area contributed by atoms with E-state index in [4.69, 9.17) is 28.9 Å². The zero-order valence-electron chi connectivity index (χ0n) is 22.0. The standard InChI is InChI=1S/C27H24BClF4N4O4/c1-15-8-22(37-12-17(31)11-34-37)18-4-3-5-23(25(18)35-15)40-13-20-19(9-16(30)10-21(20)29)26(28)36(6-7-39-2)24(38)14-41-27(32)33/h3-5,8-12,26-27H,6-7,13-14H2,1-2H3. The molecule has 2 radical (unpaired) electrons. The second kappa shape index (κ2) is 13.3. The first-order chi connectivity index (χ1) is 19.6. The molecule has 4 aromatic rings. The second-order valence-corrected chi connectivity index (χ2v) is 9.29. The topological polar surface area (TPSA) is 78.7 Å². The third-order valence-electron chi connectivity index (χ3n) is 6.12. The maximum absolute atomic E-state index is 14.5. The van der Waals surface area contributed by atoms with E-state index in [1.54, 1.807) is 31.2 Å². The molecule has 0 saturated carbocycles. The number of carbonyl (C=O) groups is 1. The summed E-state index contributed by atoms with van der Waals surface area (Å²) in [5.74, 6) is -3.07. The van der Waals surface area contributed by atoms with Crippen LogP contribution in [0, 0.1) is 18.6 Å². The molecule has 2 aromatic heterocycles. The number of alkyl halides is 2. The fourth-order valence-electron chi connectivity index (χ4n) is 4.25. The van der Waals surface area contributed by atoms with Crippen LogP contribution in [-0.2, 0) is 20.9 Å². The number of halogens is 5. The Morgan fingerprint density at radius 1 is 1.20 bits per heavy atom. The Morgan fingerprint density at radius 3 is 2.66 bits per heavy atom. The molecule has 1 atom stereocenters. The number of amides is 1. The Balaban J connectivity index is 1.68. The number of ether oxygens (including phenoxy) is 3. The molecule has 214 valence electrons. The molecule has 0 saturated heterocycles. The summed E-state index contributed by atoms with van der Waals surface area (Å²) in [6.07, 6.45) is 2.32. The molecule has 8 nitrogen and oxygen atoms in total. The van der Waals surface area contributed by atoms with E-state index in [0.717, 1.165) is 23.2 Å². The average Bonchev–Trinajstić information content (AvgIpc) is 3.36. The fourth-order valence-corrected chi connectivity index (χ4v) is 4.52. The second-order valence-electron chi connectivity index (χ2n) is 8.88. The SMILES string of the molecule is [B]C(c1cc(F)cc(Cl)c1COc1cccc2c(-n3cc(F)cn3)cc(C)nc12)N(CCOC)C(=O)COC(F)F. The van der Waals surface area contributed by atoms with Crippen LogP contribution in [0.25, 0.3) is 16.6 Å². The maximum atomic E-state index is 14.5. The summed E-state index contributed by atoms with van der Waals surface area (Å²) in [5.41, 5.74) is 1.98. The molecule has 14 heteroatoms. The molecule has 1 unspecified atom stereocenters. The molecular weight excluding hydrogens is 567 g/mol. The number of methoxy groups -OCH3 is 1. The van der Waals surface area contributed by atoms with Crippen LogP contribution < -0.4 is 4.74 Å². The van der Waals surface area contributed by atoms with Crippen LogP contribution in [0.3, 0.4) is 0 Å². The van der Waals surface area contributed by atoms with Crippen LogP contribution in [0.2, 0.25) is 5.02 Å².